The second kappa shape index (κ2) is 10.0. The third-order valence-corrected chi connectivity index (χ3v) is 7.22. The van der Waals surface area contributed by atoms with E-state index in [2.05, 4.69) is 5.10 Å². The van der Waals surface area contributed by atoms with Crippen LogP contribution in [0.4, 0.5) is 13.2 Å². The Bertz CT molecular complexity index is 1480. The number of methoxy groups -OCH3 is 1. The minimum absolute atomic E-state index is 0.0933. The van der Waals surface area contributed by atoms with Crippen LogP contribution in [-0.4, -0.2) is 51.8 Å². The number of rotatable bonds is 7. The van der Waals surface area contributed by atoms with Crippen LogP contribution in [0.25, 0.3) is 27.3 Å². The molecule has 0 saturated heterocycles. The van der Waals surface area contributed by atoms with Crippen LogP contribution in [0.15, 0.2) is 42.5 Å². The topological polar surface area (TPSA) is 86.3 Å². The SMILES string of the molecule is COc1cccc(-c2nc(-n3nc(C(=O)N(C)CC(C)(C)N)c4cc(C(F)(F)F)ccc43)sc2C(C)C)c1. The molecule has 0 spiro atoms. The van der Waals surface area contributed by atoms with Gasteiger partial charge in [-0.15, -0.1) is 0 Å². The Hall–Kier alpha value is -3.44. The molecule has 2 N–H and O–H groups in total. The molecule has 0 saturated carbocycles. The van der Waals surface area contributed by atoms with Crippen molar-refractivity contribution < 1.29 is 22.7 Å². The van der Waals surface area contributed by atoms with Crippen LogP contribution >= 0.6 is 11.3 Å². The lowest BCUT2D eigenvalue weighted by molar-refractivity contribution is -0.137. The average molecular weight is 546 g/mol. The molecule has 2 heterocycles. The van der Waals surface area contributed by atoms with Crippen molar-refractivity contribution in [2.24, 2.45) is 5.73 Å². The number of benzene rings is 2. The number of hydrogen-bond acceptors (Lipinski definition) is 6. The van der Waals surface area contributed by atoms with E-state index >= 15 is 0 Å². The van der Waals surface area contributed by atoms with Crippen LogP contribution in [0.2, 0.25) is 0 Å². The standard InChI is InChI=1S/C27H30F3N5O2S/c1-15(2)23-21(16-8-7-9-18(12-16)37-6)32-25(38-23)35-20-11-10-17(27(28,29)30)13-19(20)22(33-35)24(36)34(5)14-26(3,4)31/h7-13,15H,14,31H2,1-6H3. The summed E-state index contributed by atoms with van der Waals surface area (Å²) < 4.78 is 47.6. The minimum Gasteiger partial charge on any atom is -0.497 e. The van der Waals surface area contributed by atoms with Crippen molar-refractivity contribution in [3.05, 3.63) is 58.6 Å². The summed E-state index contributed by atoms with van der Waals surface area (Å²) in [6, 6.07) is 10.8. The molecule has 202 valence electrons. The fourth-order valence-corrected chi connectivity index (χ4v) is 5.30. The number of halogens is 3. The Kier molecular flexibility index (Phi) is 7.28. The lowest BCUT2D eigenvalue weighted by Gasteiger charge is -2.26. The van der Waals surface area contributed by atoms with Crippen molar-refractivity contribution in [1.82, 2.24) is 19.7 Å². The number of ether oxygens (including phenoxy) is 1. The van der Waals surface area contributed by atoms with E-state index < -0.39 is 23.2 Å². The zero-order valence-corrected chi connectivity index (χ0v) is 22.9. The molecule has 0 aliphatic rings. The van der Waals surface area contributed by atoms with E-state index in [0.29, 0.717) is 16.4 Å². The third-order valence-electron chi connectivity index (χ3n) is 5.89. The first kappa shape index (κ1) is 27.6. The molecule has 0 aliphatic carbocycles. The van der Waals surface area contributed by atoms with E-state index in [1.807, 2.05) is 38.1 Å². The van der Waals surface area contributed by atoms with E-state index in [1.54, 1.807) is 28.0 Å². The fourth-order valence-electron chi connectivity index (χ4n) is 4.24. The molecule has 0 bridgehead atoms. The summed E-state index contributed by atoms with van der Waals surface area (Å²) in [7, 11) is 3.14. The first-order valence-electron chi connectivity index (χ1n) is 12.0. The number of nitrogens with two attached hydrogens (primary N) is 1. The van der Waals surface area contributed by atoms with Gasteiger partial charge in [-0.1, -0.05) is 37.3 Å². The van der Waals surface area contributed by atoms with Crippen LogP contribution in [0, 0.1) is 0 Å². The third kappa shape index (κ3) is 5.53. The van der Waals surface area contributed by atoms with Gasteiger partial charge in [-0.25, -0.2) is 9.67 Å². The summed E-state index contributed by atoms with van der Waals surface area (Å²) in [4.78, 5) is 20.6. The van der Waals surface area contributed by atoms with Crippen LogP contribution in [0.1, 0.15) is 54.5 Å². The maximum absolute atomic E-state index is 13.6. The lowest BCUT2D eigenvalue weighted by Crippen LogP contribution is -2.46. The van der Waals surface area contributed by atoms with Crippen molar-refractivity contribution in [1.29, 1.82) is 0 Å². The summed E-state index contributed by atoms with van der Waals surface area (Å²) in [5.74, 6) is 0.259. The fraction of sp³-hybridized carbons (Fsp3) is 0.370. The smallest absolute Gasteiger partial charge is 0.416 e. The molecule has 0 radical (unpaired) electrons. The van der Waals surface area contributed by atoms with E-state index in [0.717, 1.165) is 28.3 Å². The number of hydrogen-bond donors (Lipinski definition) is 1. The van der Waals surface area contributed by atoms with Crippen molar-refractivity contribution >= 4 is 28.1 Å². The Balaban J connectivity index is 1.92. The number of alkyl halides is 3. The van der Waals surface area contributed by atoms with Crippen LogP contribution < -0.4 is 10.5 Å². The molecule has 38 heavy (non-hydrogen) atoms. The number of likely N-dealkylation sites (N-methyl/N-ethyl adjacent to an activating group) is 1. The normalized spacial score (nSPS) is 12.4. The van der Waals surface area contributed by atoms with Gasteiger partial charge >= 0.3 is 6.18 Å². The highest BCUT2D eigenvalue weighted by Crippen LogP contribution is 2.38. The predicted molar refractivity (Wildman–Crippen MR) is 143 cm³/mol. The summed E-state index contributed by atoms with van der Waals surface area (Å²) >= 11 is 1.38. The monoisotopic (exact) mass is 545 g/mol. The molecule has 4 rings (SSSR count). The molecule has 2 aromatic carbocycles. The molecular weight excluding hydrogens is 515 g/mol. The Labute approximate surface area is 223 Å². The Morgan fingerprint density at radius 2 is 1.89 bits per heavy atom. The van der Waals surface area contributed by atoms with Crippen molar-refractivity contribution in [3.8, 4) is 22.1 Å². The summed E-state index contributed by atoms with van der Waals surface area (Å²) in [5, 5.41) is 5.05. The first-order valence-corrected chi connectivity index (χ1v) is 12.8. The average Bonchev–Trinajstić information content (AvgIpc) is 3.44. The molecule has 4 aromatic rings. The number of amides is 1. The number of thiazole rings is 1. The highest BCUT2D eigenvalue weighted by molar-refractivity contribution is 7.14. The van der Waals surface area contributed by atoms with E-state index in [9.17, 15) is 18.0 Å². The second-order valence-corrected chi connectivity index (χ2v) is 11.2. The molecule has 0 unspecified atom stereocenters. The van der Waals surface area contributed by atoms with Gasteiger partial charge in [0.05, 0.1) is 23.9 Å². The highest BCUT2D eigenvalue weighted by atomic mass is 32.1. The van der Waals surface area contributed by atoms with Gasteiger partial charge in [0.15, 0.2) is 5.69 Å². The van der Waals surface area contributed by atoms with Crippen LogP contribution in [-0.2, 0) is 6.18 Å². The van der Waals surface area contributed by atoms with Crippen molar-refractivity contribution in [3.63, 3.8) is 0 Å². The number of fused-ring (bicyclic) bond motifs is 1. The lowest BCUT2D eigenvalue weighted by atomic mass is 10.1. The largest absolute Gasteiger partial charge is 0.497 e. The van der Waals surface area contributed by atoms with E-state index in [4.69, 9.17) is 15.5 Å². The quantitative estimate of drug-likeness (QED) is 0.303. The van der Waals surface area contributed by atoms with Gasteiger partial charge in [0.1, 0.15) is 5.75 Å². The predicted octanol–water partition coefficient (Wildman–Crippen LogP) is 6.11. The summed E-state index contributed by atoms with van der Waals surface area (Å²) in [6.07, 6.45) is -4.58. The van der Waals surface area contributed by atoms with E-state index in [-0.39, 0.29) is 23.5 Å². The van der Waals surface area contributed by atoms with Gasteiger partial charge in [0.2, 0.25) is 5.13 Å². The van der Waals surface area contributed by atoms with Gasteiger partial charge < -0.3 is 15.4 Å². The Morgan fingerprint density at radius 3 is 2.50 bits per heavy atom. The summed E-state index contributed by atoms with van der Waals surface area (Å²) in [5.41, 5.74) is 6.34. The van der Waals surface area contributed by atoms with Crippen molar-refractivity contribution in [2.45, 2.75) is 45.3 Å². The minimum atomic E-state index is -4.58. The Morgan fingerprint density at radius 1 is 1.18 bits per heavy atom. The maximum Gasteiger partial charge on any atom is 0.416 e. The number of carbonyl (C=O) groups is 1. The zero-order valence-electron chi connectivity index (χ0n) is 22.1. The number of nitrogens with zero attached hydrogens (tertiary/aromatic N) is 4. The molecule has 11 heteroatoms. The van der Waals surface area contributed by atoms with E-state index in [1.165, 1.54) is 27.0 Å². The molecule has 2 aromatic heterocycles. The van der Waals surface area contributed by atoms with Gasteiger partial charge in [0, 0.05) is 35.0 Å². The van der Waals surface area contributed by atoms with Gasteiger partial charge in [0.25, 0.3) is 5.91 Å². The zero-order chi connectivity index (χ0) is 28.0. The number of aromatic nitrogens is 3. The number of carbonyl (C=O) groups excluding carboxylic acids is 1. The van der Waals surface area contributed by atoms with Crippen LogP contribution in [0.3, 0.4) is 0 Å². The molecular formula is C27H30F3N5O2S. The highest BCUT2D eigenvalue weighted by Gasteiger charge is 2.33. The molecule has 0 fully saturated rings. The maximum atomic E-state index is 13.6. The van der Waals surface area contributed by atoms with Crippen LogP contribution in [0.5, 0.6) is 5.75 Å². The molecule has 7 nitrogen and oxygen atoms in total. The van der Waals surface area contributed by atoms with Crippen molar-refractivity contribution in [2.75, 3.05) is 20.7 Å². The first-order chi connectivity index (χ1) is 17.7. The van der Waals surface area contributed by atoms with Gasteiger partial charge in [-0.05, 0) is 50.1 Å². The second-order valence-electron chi connectivity index (χ2n) is 10.2. The van der Waals surface area contributed by atoms with Gasteiger partial charge in [-0.2, -0.15) is 18.3 Å². The molecule has 0 atom stereocenters. The summed E-state index contributed by atoms with van der Waals surface area (Å²) in [6.45, 7) is 7.79. The molecule has 1 amide bonds. The van der Waals surface area contributed by atoms with Gasteiger partial charge in [-0.3, -0.25) is 4.79 Å². The molecule has 0 aliphatic heterocycles.